The second-order valence-corrected chi connectivity index (χ2v) is 9.29. The Labute approximate surface area is 176 Å². The second kappa shape index (κ2) is 10.0. The predicted molar refractivity (Wildman–Crippen MR) is 112 cm³/mol. The van der Waals surface area contributed by atoms with Crippen molar-refractivity contribution in [1.82, 2.24) is 10.0 Å². The molecular weight excluding hydrogens is 407 g/mol. The van der Waals surface area contributed by atoms with E-state index in [0.717, 1.165) is 37.7 Å². The van der Waals surface area contributed by atoms with E-state index in [1.807, 2.05) is 0 Å². The quantitative estimate of drug-likeness (QED) is 0.667. The average molecular weight is 435 g/mol. The first-order valence-electron chi connectivity index (χ1n) is 10.1. The molecule has 1 aliphatic rings. The molecule has 0 radical (unpaired) electrons. The third-order valence-electron chi connectivity index (χ3n) is 5.15. The molecule has 6 nitrogen and oxygen atoms in total. The van der Waals surface area contributed by atoms with E-state index in [-0.39, 0.29) is 35.8 Å². The SMILES string of the molecule is Cc1cc(S(=O)(=O)NC2CCCCC2)ccc1OCC(=O)NCc1ccc(F)cc1. The fourth-order valence-corrected chi connectivity index (χ4v) is 4.85. The Hall–Kier alpha value is -2.45. The van der Waals surface area contributed by atoms with Crippen LogP contribution in [0.3, 0.4) is 0 Å². The topological polar surface area (TPSA) is 84.5 Å². The first kappa shape index (κ1) is 22.2. The number of benzene rings is 2. The maximum Gasteiger partial charge on any atom is 0.258 e. The zero-order valence-corrected chi connectivity index (χ0v) is 17.8. The number of rotatable bonds is 8. The van der Waals surface area contributed by atoms with Crippen LogP contribution >= 0.6 is 0 Å². The average Bonchev–Trinajstić information content (AvgIpc) is 2.73. The van der Waals surface area contributed by atoms with E-state index < -0.39 is 10.0 Å². The van der Waals surface area contributed by atoms with Gasteiger partial charge in [0.15, 0.2) is 6.61 Å². The number of carbonyl (C=O) groups excluding carboxylic acids is 1. The van der Waals surface area contributed by atoms with Crippen molar-refractivity contribution < 1.29 is 22.3 Å². The van der Waals surface area contributed by atoms with Crippen molar-refractivity contribution in [3.63, 3.8) is 0 Å². The smallest absolute Gasteiger partial charge is 0.258 e. The van der Waals surface area contributed by atoms with Gasteiger partial charge in [0.05, 0.1) is 4.90 Å². The van der Waals surface area contributed by atoms with Crippen molar-refractivity contribution in [2.45, 2.75) is 56.5 Å². The standard InChI is InChI=1S/C22H27FN2O4S/c1-16-13-20(30(27,28)25-19-5-3-2-4-6-19)11-12-21(16)29-15-22(26)24-14-17-7-9-18(23)10-8-17/h7-13,19,25H,2-6,14-15H2,1H3,(H,24,26). The van der Waals surface area contributed by atoms with Crippen LogP contribution < -0.4 is 14.8 Å². The molecule has 2 aromatic rings. The van der Waals surface area contributed by atoms with Gasteiger partial charge in [-0.05, 0) is 61.2 Å². The van der Waals surface area contributed by atoms with Gasteiger partial charge in [-0.25, -0.2) is 17.5 Å². The van der Waals surface area contributed by atoms with Crippen LogP contribution in [0.2, 0.25) is 0 Å². The molecule has 0 aromatic heterocycles. The molecule has 0 bridgehead atoms. The summed E-state index contributed by atoms with van der Waals surface area (Å²) < 4.78 is 46.5. The molecule has 0 aliphatic heterocycles. The number of sulfonamides is 1. The Morgan fingerprint density at radius 1 is 1.10 bits per heavy atom. The van der Waals surface area contributed by atoms with Crippen molar-refractivity contribution in [3.05, 3.63) is 59.4 Å². The summed E-state index contributed by atoms with van der Waals surface area (Å²) in [5, 5.41) is 2.70. The molecule has 3 rings (SSSR count). The zero-order valence-electron chi connectivity index (χ0n) is 17.0. The molecule has 0 unspecified atom stereocenters. The van der Waals surface area contributed by atoms with E-state index in [1.165, 1.54) is 18.2 Å². The van der Waals surface area contributed by atoms with Crippen LogP contribution in [0.4, 0.5) is 4.39 Å². The minimum absolute atomic E-state index is 0.00946. The number of nitrogens with one attached hydrogen (secondary N) is 2. The van der Waals surface area contributed by atoms with E-state index in [2.05, 4.69) is 10.0 Å². The molecule has 0 saturated heterocycles. The Morgan fingerprint density at radius 3 is 2.47 bits per heavy atom. The summed E-state index contributed by atoms with van der Waals surface area (Å²) in [5.74, 6) is -0.207. The molecule has 8 heteroatoms. The molecule has 30 heavy (non-hydrogen) atoms. The molecule has 162 valence electrons. The van der Waals surface area contributed by atoms with Gasteiger partial charge in [-0.15, -0.1) is 0 Å². The van der Waals surface area contributed by atoms with Gasteiger partial charge in [-0.1, -0.05) is 31.4 Å². The highest BCUT2D eigenvalue weighted by molar-refractivity contribution is 7.89. The van der Waals surface area contributed by atoms with Crippen molar-refractivity contribution in [3.8, 4) is 5.75 Å². The number of aryl methyl sites for hydroxylation is 1. The number of halogens is 1. The van der Waals surface area contributed by atoms with E-state index >= 15 is 0 Å². The maximum atomic E-state index is 12.9. The van der Waals surface area contributed by atoms with Gasteiger partial charge in [0, 0.05) is 12.6 Å². The largest absolute Gasteiger partial charge is 0.484 e. The fraction of sp³-hybridized carbons (Fsp3) is 0.409. The summed E-state index contributed by atoms with van der Waals surface area (Å²) in [6.45, 7) is 1.81. The van der Waals surface area contributed by atoms with Crippen LogP contribution in [0, 0.1) is 12.7 Å². The molecule has 0 heterocycles. The number of hydrogen-bond acceptors (Lipinski definition) is 4. The van der Waals surface area contributed by atoms with Crippen LogP contribution in [-0.2, 0) is 21.4 Å². The minimum atomic E-state index is -3.58. The van der Waals surface area contributed by atoms with Crippen LogP contribution in [0.25, 0.3) is 0 Å². The Kier molecular flexibility index (Phi) is 7.44. The molecule has 1 fully saturated rings. The first-order valence-corrected chi connectivity index (χ1v) is 11.6. The third kappa shape index (κ3) is 6.27. The van der Waals surface area contributed by atoms with Gasteiger partial charge in [-0.3, -0.25) is 4.79 Å². The van der Waals surface area contributed by atoms with Crippen molar-refractivity contribution in [2.24, 2.45) is 0 Å². The van der Waals surface area contributed by atoms with E-state index in [0.29, 0.717) is 11.3 Å². The van der Waals surface area contributed by atoms with Gasteiger partial charge in [0.25, 0.3) is 5.91 Å². The van der Waals surface area contributed by atoms with Gasteiger partial charge in [0.2, 0.25) is 10.0 Å². The van der Waals surface area contributed by atoms with Crippen LogP contribution in [0.15, 0.2) is 47.4 Å². The summed E-state index contributed by atoms with van der Waals surface area (Å²) in [5.41, 5.74) is 1.41. The van der Waals surface area contributed by atoms with Gasteiger partial charge < -0.3 is 10.1 Å². The lowest BCUT2D eigenvalue weighted by Crippen LogP contribution is -2.36. The predicted octanol–water partition coefficient (Wildman–Crippen LogP) is 3.44. The lowest BCUT2D eigenvalue weighted by atomic mass is 9.96. The van der Waals surface area contributed by atoms with Gasteiger partial charge in [0.1, 0.15) is 11.6 Å². The van der Waals surface area contributed by atoms with Gasteiger partial charge >= 0.3 is 0 Å². The number of amides is 1. The highest BCUT2D eigenvalue weighted by Gasteiger charge is 2.22. The third-order valence-corrected chi connectivity index (χ3v) is 6.66. The molecule has 1 aliphatic carbocycles. The lowest BCUT2D eigenvalue weighted by Gasteiger charge is -2.22. The number of hydrogen-bond donors (Lipinski definition) is 2. The molecule has 2 N–H and O–H groups in total. The zero-order chi connectivity index (χ0) is 21.6. The highest BCUT2D eigenvalue weighted by Crippen LogP contribution is 2.24. The Morgan fingerprint density at radius 2 is 1.80 bits per heavy atom. The van der Waals surface area contributed by atoms with Crippen molar-refractivity contribution in [2.75, 3.05) is 6.61 Å². The number of ether oxygens (including phenoxy) is 1. The first-order chi connectivity index (χ1) is 14.3. The van der Waals surface area contributed by atoms with Crippen LogP contribution in [0.5, 0.6) is 5.75 Å². The number of carbonyl (C=O) groups is 1. The normalized spacial score (nSPS) is 15.0. The van der Waals surface area contributed by atoms with Crippen molar-refractivity contribution >= 4 is 15.9 Å². The molecule has 2 aromatic carbocycles. The van der Waals surface area contributed by atoms with Crippen LogP contribution in [-0.4, -0.2) is 27.0 Å². The Balaban J connectivity index is 1.53. The summed E-state index contributed by atoms with van der Waals surface area (Å²) in [6.07, 6.45) is 4.98. The fourth-order valence-electron chi connectivity index (χ4n) is 3.46. The highest BCUT2D eigenvalue weighted by atomic mass is 32.2. The summed E-state index contributed by atoms with van der Waals surface area (Å²) in [7, 11) is -3.58. The molecule has 1 saturated carbocycles. The lowest BCUT2D eigenvalue weighted by molar-refractivity contribution is -0.123. The molecule has 1 amide bonds. The van der Waals surface area contributed by atoms with Gasteiger partial charge in [-0.2, -0.15) is 0 Å². The summed E-state index contributed by atoms with van der Waals surface area (Å²) in [6, 6.07) is 10.5. The maximum absolute atomic E-state index is 12.9. The monoisotopic (exact) mass is 434 g/mol. The Bertz CT molecular complexity index is 971. The molecule has 0 atom stereocenters. The van der Waals surface area contributed by atoms with Crippen LogP contribution in [0.1, 0.15) is 43.2 Å². The second-order valence-electron chi connectivity index (χ2n) is 7.58. The van der Waals surface area contributed by atoms with Crippen molar-refractivity contribution in [1.29, 1.82) is 0 Å². The van der Waals surface area contributed by atoms with E-state index in [4.69, 9.17) is 4.74 Å². The summed E-state index contributed by atoms with van der Waals surface area (Å²) in [4.78, 5) is 12.2. The summed E-state index contributed by atoms with van der Waals surface area (Å²) >= 11 is 0. The minimum Gasteiger partial charge on any atom is -0.484 e. The molecular formula is C22H27FN2O4S. The molecule has 0 spiro atoms. The van der Waals surface area contributed by atoms with E-state index in [1.54, 1.807) is 31.2 Å². The van der Waals surface area contributed by atoms with E-state index in [9.17, 15) is 17.6 Å².